The van der Waals surface area contributed by atoms with Crippen molar-refractivity contribution in [2.24, 2.45) is 5.41 Å². The average Bonchev–Trinajstić information content (AvgIpc) is 2.32. The lowest BCUT2D eigenvalue weighted by Crippen LogP contribution is -2.35. The van der Waals surface area contributed by atoms with E-state index in [9.17, 15) is 13.6 Å². The van der Waals surface area contributed by atoms with Gasteiger partial charge >= 0.3 is 0 Å². The molecular weight excluding hydrogens is 272 g/mol. The van der Waals surface area contributed by atoms with E-state index >= 15 is 0 Å². The molecule has 0 unspecified atom stereocenters. The number of nitrogens with one attached hydrogen (secondary N) is 1. The summed E-state index contributed by atoms with van der Waals surface area (Å²) >= 11 is 5.66. The zero-order chi connectivity index (χ0) is 14.6. The third kappa shape index (κ3) is 4.16. The molecule has 0 fully saturated rings. The third-order valence-electron chi connectivity index (χ3n) is 3.01. The number of carbonyl (C=O) groups is 1. The molecular formula is C14H18ClF2NO. The van der Waals surface area contributed by atoms with Gasteiger partial charge < -0.3 is 5.32 Å². The Morgan fingerprint density at radius 1 is 1.37 bits per heavy atom. The van der Waals surface area contributed by atoms with E-state index in [4.69, 9.17) is 11.6 Å². The van der Waals surface area contributed by atoms with Crippen LogP contribution in [0.25, 0.3) is 0 Å². The topological polar surface area (TPSA) is 29.1 Å². The van der Waals surface area contributed by atoms with E-state index in [-0.39, 0.29) is 11.0 Å². The van der Waals surface area contributed by atoms with Crippen LogP contribution in [0.4, 0.5) is 8.78 Å². The molecule has 0 aliphatic rings. The van der Waals surface area contributed by atoms with Crippen LogP contribution in [0, 0.1) is 24.0 Å². The Bertz CT molecular complexity index is 475. The van der Waals surface area contributed by atoms with Crippen molar-refractivity contribution in [1.82, 2.24) is 5.32 Å². The fraction of sp³-hybridized carbons (Fsp3) is 0.500. The van der Waals surface area contributed by atoms with Gasteiger partial charge in [-0.05, 0) is 30.4 Å². The Balaban J connectivity index is 2.83. The normalized spacial score (nSPS) is 11.5. The van der Waals surface area contributed by atoms with Crippen LogP contribution < -0.4 is 5.32 Å². The van der Waals surface area contributed by atoms with E-state index in [1.165, 1.54) is 13.0 Å². The quantitative estimate of drug-likeness (QED) is 0.824. The number of rotatable bonds is 5. The first-order valence-electron chi connectivity index (χ1n) is 6.07. The largest absolute Gasteiger partial charge is 0.351 e. The number of hydrogen-bond acceptors (Lipinski definition) is 1. The number of amides is 1. The van der Waals surface area contributed by atoms with Crippen molar-refractivity contribution in [1.29, 1.82) is 0 Å². The third-order valence-corrected chi connectivity index (χ3v) is 3.20. The molecule has 106 valence electrons. The van der Waals surface area contributed by atoms with Crippen LogP contribution in [0.15, 0.2) is 12.1 Å². The van der Waals surface area contributed by atoms with Crippen LogP contribution in [-0.2, 0) is 0 Å². The van der Waals surface area contributed by atoms with Crippen LogP contribution in [0.2, 0.25) is 0 Å². The van der Waals surface area contributed by atoms with Gasteiger partial charge in [-0.15, -0.1) is 11.6 Å². The molecule has 19 heavy (non-hydrogen) atoms. The van der Waals surface area contributed by atoms with Crippen molar-refractivity contribution in [2.45, 2.75) is 27.2 Å². The van der Waals surface area contributed by atoms with Gasteiger partial charge in [0, 0.05) is 12.4 Å². The molecule has 0 aliphatic heterocycles. The predicted molar refractivity (Wildman–Crippen MR) is 72.5 cm³/mol. The highest BCUT2D eigenvalue weighted by Crippen LogP contribution is 2.21. The van der Waals surface area contributed by atoms with Gasteiger partial charge in [-0.2, -0.15) is 0 Å². The van der Waals surface area contributed by atoms with Crippen molar-refractivity contribution in [3.8, 4) is 0 Å². The van der Waals surface area contributed by atoms with E-state index in [2.05, 4.69) is 5.32 Å². The summed E-state index contributed by atoms with van der Waals surface area (Å²) in [4.78, 5) is 11.9. The lowest BCUT2D eigenvalue weighted by atomic mass is 9.90. The molecule has 0 saturated carbocycles. The molecule has 0 aromatic heterocycles. The maximum absolute atomic E-state index is 13.8. The molecule has 2 nitrogen and oxygen atoms in total. The Labute approximate surface area is 117 Å². The summed E-state index contributed by atoms with van der Waals surface area (Å²) in [6.45, 7) is 5.66. The maximum atomic E-state index is 13.8. The van der Waals surface area contributed by atoms with Gasteiger partial charge in [0.05, 0.1) is 0 Å². The number of aryl methyl sites for hydroxylation is 1. The summed E-state index contributed by atoms with van der Waals surface area (Å²) in [5, 5.41) is 2.56. The first kappa shape index (κ1) is 15.9. The molecule has 0 aliphatic carbocycles. The lowest BCUT2D eigenvalue weighted by molar-refractivity contribution is 0.0927. The van der Waals surface area contributed by atoms with Gasteiger partial charge in [0.2, 0.25) is 0 Å². The Hall–Kier alpha value is -1.16. The highest BCUT2D eigenvalue weighted by Gasteiger charge is 2.22. The molecule has 0 saturated heterocycles. The molecule has 0 spiro atoms. The summed E-state index contributed by atoms with van der Waals surface area (Å²) in [5.74, 6) is -1.93. The maximum Gasteiger partial charge on any atom is 0.257 e. The molecule has 1 rings (SSSR count). The Morgan fingerprint density at radius 3 is 2.58 bits per heavy atom. The van der Waals surface area contributed by atoms with Crippen molar-refractivity contribution in [3.05, 3.63) is 34.9 Å². The first-order chi connectivity index (χ1) is 8.78. The van der Waals surface area contributed by atoms with Gasteiger partial charge in [-0.1, -0.05) is 19.9 Å². The van der Waals surface area contributed by atoms with Crippen molar-refractivity contribution in [3.63, 3.8) is 0 Å². The van der Waals surface area contributed by atoms with Gasteiger partial charge in [0.1, 0.15) is 17.2 Å². The summed E-state index contributed by atoms with van der Waals surface area (Å²) in [5.41, 5.74) is -0.498. The summed E-state index contributed by atoms with van der Waals surface area (Å²) in [7, 11) is 0. The number of alkyl halides is 1. The SMILES string of the molecule is Cc1ccc(F)c(C(=O)NCC(C)(C)CCCl)c1F. The molecule has 0 atom stereocenters. The number of hydrogen-bond donors (Lipinski definition) is 1. The zero-order valence-electron chi connectivity index (χ0n) is 11.3. The van der Waals surface area contributed by atoms with Crippen molar-refractivity contribution in [2.75, 3.05) is 12.4 Å². The smallest absolute Gasteiger partial charge is 0.257 e. The van der Waals surface area contributed by atoms with Gasteiger partial charge in [0.15, 0.2) is 0 Å². The Morgan fingerprint density at radius 2 is 2.00 bits per heavy atom. The minimum absolute atomic E-state index is 0.214. The van der Waals surface area contributed by atoms with E-state index < -0.39 is 23.1 Å². The molecule has 5 heteroatoms. The fourth-order valence-electron chi connectivity index (χ4n) is 1.62. The van der Waals surface area contributed by atoms with Gasteiger partial charge in [-0.3, -0.25) is 4.79 Å². The van der Waals surface area contributed by atoms with Gasteiger partial charge in [-0.25, -0.2) is 8.78 Å². The van der Waals surface area contributed by atoms with E-state index in [1.54, 1.807) is 0 Å². The van der Waals surface area contributed by atoms with E-state index in [1.807, 2.05) is 13.8 Å². The highest BCUT2D eigenvalue weighted by molar-refractivity contribution is 6.17. The van der Waals surface area contributed by atoms with Crippen LogP contribution in [0.5, 0.6) is 0 Å². The van der Waals surface area contributed by atoms with E-state index in [0.29, 0.717) is 18.8 Å². The molecule has 1 aromatic rings. The fourth-order valence-corrected chi connectivity index (χ4v) is 2.13. The highest BCUT2D eigenvalue weighted by atomic mass is 35.5. The second-order valence-electron chi connectivity index (χ2n) is 5.34. The molecule has 1 amide bonds. The number of halogens is 3. The number of carbonyl (C=O) groups excluding carboxylic acids is 1. The second-order valence-corrected chi connectivity index (χ2v) is 5.72. The van der Waals surface area contributed by atoms with Crippen LogP contribution >= 0.6 is 11.6 Å². The van der Waals surface area contributed by atoms with Gasteiger partial charge in [0.25, 0.3) is 5.91 Å². The summed E-state index contributed by atoms with van der Waals surface area (Å²) in [6.07, 6.45) is 0.702. The monoisotopic (exact) mass is 289 g/mol. The summed E-state index contributed by atoms with van der Waals surface area (Å²) in [6, 6.07) is 2.40. The van der Waals surface area contributed by atoms with Crippen LogP contribution in [-0.4, -0.2) is 18.3 Å². The molecule has 0 bridgehead atoms. The lowest BCUT2D eigenvalue weighted by Gasteiger charge is -2.23. The molecule has 0 radical (unpaired) electrons. The van der Waals surface area contributed by atoms with Crippen LogP contribution in [0.3, 0.4) is 0 Å². The minimum Gasteiger partial charge on any atom is -0.351 e. The van der Waals surface area contributed by atoms with Crippen molar-refractivity contribution < 1.29 is 13.6 Å². The van der Waals surface area contributed by atoms with Crippen LogP contribution in [0.1, 0.15) is 36.2 Å². The minimum atomic E-state index is -0.851. The molecule has 1 aromatic carbocycles. The predicted octanol–water partition coefficient (Wildman–Crippen LogP) is 3.66. The second kappa shape index (κ2) is 6.33. The standard InChI is InChI=1S/C14H18ClF2NO/c1-9-4-5-10(16)11(12(9)17)13(19)18-8-14(2,3)6-7-15/h4-5H,6-8H2,1-3H3,(H,18,19). The average molecular weight is 290 g/mol. The first-order valence-corrected chi connectivity index (χ1v) is 6.61. The molecule has 0 heterocycles. The van der Waals surface area contributed by atoms with Crippen molar-refractivity contribution >= 4 is 17.5 Å². The van der Waals surface area contributed by atoms with E-state index in [0.717, 1.165) is 6.07 Å². The summed E-state index contributed by atoms with van der Waals surface area (Å²) < 4.78 is 27.3. The molecule has 1 N–H and O–H groups in total. The number of benzene rings is 1. The Kier molecular flexibility index (Phi) is 5.29. The zero-order valence-corrected chi connectivity index (χ0v) is 12.1.